The Kier molecular flexibility index (Phi) is 4.63. The Morgan fingerprint density at radius 1 is 1.29 bits per heavy atom. The molecule has 1 aromatic rings. The van der Waals surface area contributed by atoms with E-state index in [1.807, 2.05) is 0 Å². The van der Waals surface area contributed by atoms with E-state index in [-0.39, 0.29) is 0 Å². The molecule has 2 unspecified atom stereocenters. The van der Waals surface area contributed by atoms with Crippen LogP contribution in [0.15, 0.2) is 24.3 Å². The second kappa shape index (κ2) is 6.47. The highest BCUT2D eigenvalue weighted by molar-refractivity contribution is 5.31. The Labute approximate surface area is 129 Å². The molecular formula is C18H29N3. The summed E-state index contributed by atoms with van der Waals surface area (Å²) in [6, 6.07) is 10.2. The lowest BCUT2D eigenvalue weighted by Crippen LogP contribution is -2.42. The van der Waals surface area contributed by atoms with Gasteiger partial charge in [0.1, 0.15) is 0 Å². The quantitative estimate of drug-likeness (QED) is 0.873. The van der Waals surface area contributed by atoms with Crippen molar-refractivity contribution in [2.75, 3.05) is 33.7 Å². The van der Waals surface area contributed by atoms with Crippen molar-refractivity contribution in [2.45, 2.75) is 43.7 Å². The summed E-state index contributed by atoms with van der Waals surface area (Å²) in [6.45, 7) is 3.05. The first-order chi connectivity index (χ1) is 10.2. The summed E-state index contributed by atoms with van der Waals surface area (Å²) in [4.78, 5) is 4.95. The second-order valence-corrected chi connectivity index (χ2v) is 6.99. The van der Waals surface area contributed by atoms with Gasteiger partial charge < -0.3 is 10.6 Å². The van der Waals surface area contributed by atoms with Crippen LogP contribution < -0.4 is 5.73 Å². The molecule has 1 saturated heterocycles. The summed E-state index contributed by atoms with van der Waals surface area (Å²) in [5, 5.41) is 0. The lowest BCUT2D eigenvalue weighted by molar-refractivity contribution is 0.156. The molecule has 0 radical (unpaired) electrons. The third kappa shape index (κ3) is 3.47. The summed E-state index contributed by atoms with van der Waals surface area (Å²) in [5.41, 5.74) is 9.11. The first kappa shape index (κ1) is 15.0. The van der Waals surface area contributed by atoms with Crippen molar-refractivity contribution in [3.05, 3.63) is 35.4 Å². The lowest BCUT2D eigenvalue weighted by atomic mass is 10.00. The van der Waals surface area contributed by atoms with E-state index < -0.39 is 0 Å². The van der Waals surface area contributed by atoms with Crippen LogP contribution in [-0.2, 0) is 0 Å². The third-order valence-corrected chi connectivity index (χ3v) is 4.97. The van der Waals surface area contributed by atoms with Crippen LogP contribution >= 0.6 is 0 Å². The van der Waals surface area contributed by atoms with Gasteiger partial charge >= 0.3 is 0 Å². The number of nitrogens with zero attached hydrogens (tertiary/aromatic N) is 2. The van der Waals surface area contributed by atoms with Gasteiger partial charge in [-0.05, 0) is 63.4 Å². The number of likely N-dealkylation sites (tertiary alicyclic amines) is 1. The lowest BCUT2D eigenvalue weighted by Gasteiger charge is -2.34. The maximum atomic E-state index is 6.16. The predicted octanol–water partition coefficient (Wildman–Crippen LogP) is 2.59. The van der Waals surface area contributed by atoms with E-state index in [9.17, 15) is 0 Å². The highest BCUT2D eigenvalue weighted by Gasteiger charge is 2.32. The molecule has 0 amide bonds. The average Bonchev–Trinajstić information content (AvgIpc) is 3.23. The van der Waals surface area contributed by atoms with Crippen LogP contribution in [-0.4, -0.2) is 49.6 Å². The van der Waals surface area contributed by atoms with Crippen LogP contribution in [0.4, 0.5) is 0 Å². The zero-order valence-electron chi connectivity index (χ0n) is 13.5. The van der Waals surface area contributed by atoms with Gasteiger partial charge in [-0.25, -0.2) is 0 Å². The van der Waals surface area contributed by atoms with Crippen molar-refractivity contribution < 1.29 is 0 Å². The van der Waals surface area contributed by atoms with Gasteiger partial charge in [-0.1, -0.05) is 24.3 Å². The van der Waals surface area contributed by atoms with Crippen LogP contribution in [0, 0.1) is 0 Å². The van der Waals surface area contributed by atoms with Gasteiger partial charge in [0.15, 0.2) is 0 Å². The van der Waals surface area contributed by atoms with E-state index in [0.717, 1.165) is 19.0 Å². The Hall–Kier alpha value is -0.900. The van der Waals surface area contributed by atoms with E-state index >= 15 is 0 Å². The fourth-order valence-electron chi connectivity index (χ4n) is 3.79. The molecule has 1 aromatic carbocycles. The minimum atomic E-state index is 0.385. The molecule has 2 aliphatic rings. The van der Waals surface area contributed by atoms with Crippen molar-refractivity contribution in [1.82, 2.24) is 9.80 Å². The van der Waals surface area contributed by atoms with Crippen LogP contribution in [0.2, 0.25) is 0 Å². The first-order valence-electron chi connectivity index (χ1n) is 8.39. The molecule has 1 aliphatic heterocycles. The number of benzene rings is 1. The average molecular weight is 287 g/mol. The molecule has 3 heteroatoms. The number of likely N-dealkylation sites (N-methyl/N-ethyl adjacent to an activating group) is 1. The molecule has 2 atom stereocenters. The van der Waals surface area contributed by atoms with Crippen LogP contribution in [0.1, 0.15) is 48.8 Å². The summed E-state index contributed by atoms with van der Waals surface area (Å²) < 4.78 is 0. The Morgan fingerprint density at radius 2 is 2.10 bits per heavy atom. The van der Waals surface area contributed by atoms with Gasteiger partial charge in [0, 0.05) is 25.2 Å². The highest BCUT2D eigenvalue weighted by atomic mass is 15.2. The summed E-state index contributed by atoms with van der Waals surface area (Å²) in [7, 11) is 4.34. The zero-order valence-corrected chi connectivity index (χ0v) is 13.5. The SMILES string of the molecule is CN(C)CC1CCCN1C(CN)c1cccc(C2CC2)c1. The van der Waals surface area contributed by atoms with E-state index in [4.69, 9.17) is 5.73 Å². The maximum Gasteiger partial charge on any atom is 0.0474 e. The number of hydrogen-bond donors (Lipinski definition) is 1. The van der Waals surface area contributed by atoms with Crippen molar-refractivity contribution in [3.63, 3.8) is 0 Å². The third-order valence-electron chi connectivity index (χ3n) is 4.97. The largest absolute Gasteiger partial charge is 0.329 e. The van der Waals surface area contributed by atoms with Crippen molar-refractivity contribution >= 4 is 0 Å². The second-order valence-electron chi connectivity index (χ2n) is 6.99. The number of rotatable bonds is 6. The monoisotopic (exact) mass is 287 g/mol. The molecule has 116 valence electrons. The normalized spacial score (nSPS) is 24.7. The molecule has 2 N–H and O–H groups in total. The minimum absolute atomic E-state index is 0.385. The first-order valence-corrected chi connectivity index (χ1v) is 8.39. The summed E-state index contributed by atoms with van der Waals surface area (Å²) in [5.74, 6) is 0.819. The molecule has 2 fully saturated rings. The van der Waals surface area contributed by atoms with E-state index in [0.29, 0.717) is 12.1 Å². The van der Waals surface area contributed by atoms with Crippen LogP contribution in [0.5, 0.6) is 0 Å². The smallest absolute Gasteiger partial charge is 0.0474 e. The van der Waals surface area contributed by atoms with E-state index in [2.05, 4.69) is 48.2 Å². The Bertz CT molecular complexity index is 467. The molecule has 0 aromatic heterocycles. The fraction of sp³-hybridized carbons (Fsp3) is 0.667. The maximum absolute atomic E-state index is 6.16. The van der Waals surface area contributed by atoms with Crippen LogP contribution in [0.3, 0.4) is 0 Å². The predicted molar refractivity (Wildman–Crippen MR) is 88.5 cm³/mol. The van der Waals surface area contributed by atoms with Crippen molar-refractivity contribution in [3.8, 4) is 0 Å². The Balaban J connectivity index is 1.78. The van der Waals surface area contributed by atoms with Crippen molar-refractivity contribution in [1.29, 1.82) is 0 Å². The van der Waals surface area contributed by atoms with Gasteiger partial charge in [0.2, 0.25) is 0 Å². The molecule has 3 nitrogen and oxygen atoms in total. The van der Waals surface area contributed by atoms with E-state index in [1.165, 1.54) is 43.4 Å². The van der Waals surface area contributed by atoms with Crippen LogP contribution in [0.25, 0.3) is 0 Å². The number of nitrogens with two attached hydrogens (primary N) is 1. The number of hydrogen-bond acceptors (Lipinski definition) is 3. The molecule has 1 heterocycles. The zero-order chi connectivity index (χ0) is 14.8. The van der Waals surface area contributed by atoms with Gasteiger partial charge in [0.05, 0.1) is 0 Å². The van der Waals surface area contributed by atoms with Gasteiger partial charge in [-0.2, -0.15) is 0 Å². The Morgan fingerprint density at radius 3 is 2.76 bits per heavy atom. The van der Waals surface area contributed by atoms with Crippen molar-refractivity contribution in [2.24, 2.45) is 5.73 Å². The fourth-order valence-corrected chi connectivity index (χ4v) is 3.79. The molecule has 0 bridgehead atoms. The van der Waals surface area contributed by atoms with Gasteiger partial charge in [0.25, 0.3) is 0 Å². The minimum Gasteiger partial charge on any atom is -0.329 e. The standard InChI is InChI=1S/C18H29N3/c1-20(2)13-17-7-4-10-21(17)18(12-19)16-6-3-5-15(11-16)14-8-9-14/h3,5-6,11,14,17-18H,4,7-10,12-13,19H2,1-2H3. The molecular weight excluding hydrogens is 258 g/mol. The molecule has 3 rings (SSSR count). The van der Waals surface area contributed by atoms with Gasteiger partial charge in [-0.15, -0.1) is 0 Å². The van der Waals surface area contributed by atoms with Gasteiger partial charge in [-0.3, -0.25) is 4.90 Å². The summed E-state index contributed by atoms with van der Waals surface area (Å²) >= 11 is 0. The molecule has 1 saturated carbocycles. The molecule has 21 heavy (non-hydrogen) atoms. The summed E-state index contributed by atoms with van der Waals surface area (Å²) in [6.07, 6.45) is 5.34. The topological polar surface area (TPSA) is 32.5 Å². The molecule has 0 spiro atoms. The van der Waals surface area contributed by atoms with E-state index in [1.54, 1.807) is 0 Å². The highest BCUT2D eigenvalue weighted by Crippen LogP contribution is 2.41. The molecule has 1 aliphatic carbocycles.